The zero-order valence-electron chi connectivity index (χ0n) is 3.73. The third kappa shape index (κ3) is 1.67. The molecule has 0 amide bonds. The van der Waals surface area contributed by atoms with E-state index in [0.717, 1.165) is 6.61 Å². The highest BCUT2D eigenvalue weighted by atomic mass is 127. The first kappa shape index (κ1) is 6.54. The summed E-state index contributed by atoms with van der Waals surface area (Å²) in [7, 11) is 0. The minimum Gasteiger partial charge on any atom is -0.376 e. The van der Waals surface area contributed by atoms with Crippen LogP contribution in [0.5, 0.6) is 0 Å². The molecule has 1 aliphatic rings. The first-order valence-electron chi connectivity index (χ1n) is 2.20. The molecule has 1 heterocycles. The fraction of sp³-hybridized carbons (Fsp3) is 1.00. The molecule has 0 radical (unpaired) electrons. The summed E-state index contributed by atoms with van der Waals surface area (Å²) in [6.07, 6.45) is 1.82. The Morgan fingerprint density at radius 3 is 2.14 bits per heavy atom. The lowest BCUT2D eigenvalue weighted by Crippen LogP contribution is -2.31. The van der Waals surface area contributed by atoms with Gasteiger partial charge in [-0.3, -0.25) is 0 Å². The standard InChI is InChI=1S/C4H6I2O/c5-4(6)3-1-2-7-3/h3-4H,1-2H2. The summed E-state index contributed by atoms with van der Waals surface area (Å²) in [5.41, 5.74) is 0. The minimum atomic E-state index is 0.557. The molecule has 1 nitrogen and oxygen atoms in total. The number of rotatable bonds is 1. The van der Waals surface area contributed by atoms with Gasteiger partial charge in [0.2, 0.25) is 0 Å². The van der Waals surface area contributed by atoms with E-state index >= 15 is 0 Å². The Labute approximate surface area is 70.5 Å². The normalized spacial score (nSPS) is 30.4. The second-order valence-electron chi connectivity index (χ2n) is 1.53. The van der Waals surface area contributed by atoms with Crippen molar-refractivity contribution in [3.63, 3.8) is 0 Å². The van der Waals surface area contributed by atoms with Crippen LogP contribution in [0.15, 0.2) is 0 Å². The van der Waals surface area contributed by atoms with Crippen molar-refractivity contribution < 1.29 is 4.74 Å². The number of hydrogen-bond donors (Lipinski definition) is 0. The highest BCUT2D eigenvalue weighted by Crippen LogP contribution is 2.25. The lowest BCUT2D eigenvalue weighted by atomic mass is 10.2. The Kier molecular flexibility index (Phi) is 2.63. The van der Waals surface area contributed by atoms with Crippen molar-refractivity contribution in [2.75, 3.05) is 6.61 Å². The molecule has 1 unspecified atom stereocenters. The summed E-state index contributed by atoms with van der Waals surface area (Å²) in [5, 5.41) is 0. The predicted molar refractivity (Wildman–Crippen MR) is 46.2 cm³/mol. The largest absolute Gasteiger partial charge is 0.376 e. The van der Waals surface area contributed by atoms with Crippen molar-refractivity contribution in [1.82, 2.24) is 0 Å². The van der Waals surface area contributed by atoms with E-state index in [1.165, 1.54) is 6.42 Å². The molecule has 3 heteroatoms. The van der Waals surface area contributed by atoms with E-state index in [1.807, 2.05) is 0 Å². The summed E-state index contributed by atoms with van der Waals surface area (Å²) in [6.45, 7) is 0.979. The van der Waals surface area contributed by atoms with Gasteiger partial charge < -0.3 is 4.74 Å². The number of halogens is 2. The molecule has 0 saturated carbocycles. The van der Waals surface area contributed by atoms with Gasteiger partial charge in [0, 0.05) is 6.61 Å². The van der Waals surface area contributed by atoms with E-state index in [2.05, 4.69) is 45.2 Å². The second kappa shape index (κ2) is 2.82. The van der Waals surface area contributed by atoms with Crippen LogP contribution >= 0.6 is 45.2 Å². The summed E-state index contributed by atoms with van der Waals surface area (Å²) in [5.74, 6) is 0. The van der Waals surface area contributed by atoms with Gasteiger partial charge in [0.25, 0.3) is 0 Å². The van der Waals surface area contributed by atoms with Gasteiger partial charge in [-0.2, -0.15) is 0 Å². The zero-order chi connectivity index (χ0) is 5.28. The van der Waals surface area contributed by atoms with Gasteiger partial charge in [0.1, 0.15) is 0 Å². The van der Waals surface area contributed by atoms with Crippen LogP contribution in [0.3, 0.4) is 0 Å². The molecular weight excluding hydrogens is 318 g/mol. The van der Waals surface area contributed by atoms with Gasteiger partial charge in [-0.25, -0.2) is 0 Å². The molecule has 0 N–H and O–H groups in total. The average Bonchev–Trinajstić information content (AvgIpc) is 1.23. The number of alkyl halides is 2. The molecule has 0 spiro atoms. The smallest absolute Gasteiger partial charge is 0.0888 e. The maximum atomic E-state index is 5.18. The van der Waals surface area contributed by atoms with Gasteiger partial charge in [0.15, 0.2) is 0 Å². The number of hydrogen-bond acceptors (Lipinski definition) is 1. The summed E-state index contributed by atoms with van der Waals surface area (Å²) < 4.78 is 5.85. The summed E-state index contributed by atoms with van der Waals surface area (Å²) in [6, 6.07) is 0. The topological polar surface area (TPSA) is 9.23 Å². The quantitative estimate of drug-likeness (QED) is 0.529. The van der Waals surface area contributed by atoms with Crippen molar-refractivity contribution in [2.24, 2.45) is 0 Å². The zero-order valence-corrected chi connectivity index (χ0v) is 8.05. The monoisotopic (exact) mass is 324 g/mol. The number of ether oxygens (including phenoxy) is 1. The Bertz CT molecular complexity index is 60.7. The molecule has 7 heavy (non-hydrogen) atoms. The highest BCUT2D eigenvalue weighted by Gasteiger charge is 2.23. The van der Waals surface area contributed by atoms with Crippen molar-refractivity contribution in [1.29, 1.82) is 0 Å². The fourth-order valence-electron chi connectivity index (χ4n) is 0.453. The lowest BCUT2D eigenvalue weighted by molar-refractivity contribution is -0.0350. The van der Waals surface area contributed by atoms with Crippen LogP contribution in [-0.2, 0) is 4.74 Å². The fourth-order valence-corrected chi connectivity index (χ4v) is 1.59. The van der Waals surface area contributed by atoms with Crippen LogP contribution in [0.25, 0.3) is 0 Å². The highest BCUT2D eigenvalue weighted by molar-refractivity contribution is 14.2. The molecule has 0 bridgehead atoms. The van der Waals surface area contributed by atoms with Crippen LogP contribution in [0.4, 0.5) is 0 Å². The van der Waals surface area contributed by atoms with Crippen molar-refractivity contribution in [3.8, 4) is 0 Å². The van der Waals surface area contributed by atoms with Crippen LogP contribution in [0, 0.1) is 0 Å². The van der Waals surface area contributed by atoms with E-state index in [0.29, 0.717) is 8.04 Å². The van der Waals surface area contributed by atoms with Gasteiger partial charge in [0.05, 0.1) is 8.04 Å². The summed E-state index contributed by atoms with van der Waals surface area (Å²) >= 11 is 4.76. The Hall–Kier alpha value is 1.42. The molecule has 42 valence electrons. The van der Waals surface area contributed by atoms with E-state index in [-0.39, 0.29) is 0 Å². The van der Waals surface area contributed by atoms with Gasteiger partial charge in [-0.05, 0) is 6.42 Å². The van der Waals surface area contributed by atoms with Crippen LogP contribution in [0.2, 0.25) is 0 Å². The van der Waals surface area contributed by atoms with E-state index < -0.39 is 0 Å². The van der Waals surface area contributed by atoms with E-state index in [1.54, 1.807) is 0 Å². The maximum absolute atomic E-state index is 5.18. The SMILES string of the molecule is IC(I)C1CCO1. The first-order chi connectivity index (χ1) is 3.30. The molecule has 0 aromatic carbocycles. The maximum Gasteiger partial charge on any atom is 0.0888 e. The van der Waals surface area contributed by atoms with E-state index in [4.69, 9.17) is 4.74 Å². The lowest BCUT2D eigenvalue weighted by Gasteiger charge is -2.27. The molecule has 1 fully saturated rings. The van der Waals surface area contributed by atoms with Crippen molar-refractivity contribution in [2.45, 2.75) is 14.5 Å². The Balaban J connectivity index is 2.14. The van der Waals surface area contributed by atoms with Crippen LogP contribution < -0.4 is 0 Å². The van der Waals surface area contributed by atoms with Crippen molar-refractivity contribution in [3.05, 3.63) is 0 Å². The van der Waals surface area contributed by atoms with Gasteiger partial charge in [-0.1, -0.05) is 45.2 Å². The van der Waals surface area contributed by atoms with Crippen molar-refractivity contribution >= 4 is 45.2 Å². The van der Waals surface area contributed by atoms with Crippen LogP contribution in [0.1, 0.15) is 6.42 Å². The summed E-state index contributed by atoms with van der Waals surface area (Å²) in [4.78, 5) is 0. The van der Waals surface area contributed by atoms with E-state index in [9.17, 15) is 0 Å². The van der Waals surface area contributed by atoms with Gasteiger partial charge >= 0.3 is 0 Å². The molecule has 1 rings (SSSR count). The molecular formula is C4H6I2O. The molecule has 1 atom stereocenters. The second-order valence-corrected chi connectivity index (χ2v) is 6.60. The molecule has 0 aliphatic carbocycles. The molecule has 1 saturated heterocycles. The first-order valence-corrected chi connectivity index (χ1v) is 4.69. The molecule has 1 aliphatic heterocycles. The third-order valence-electron chi connectivity index (χ3n) is 1.02. The van der Waals surface area contributed by atoms with Gasteiger partial charge in [-0.15, -0.1) is 0 Å². The molecule has 0 aromatic heterocycles. The third-order valence-corrected chi connectivity index (χ3v) is 2.62. The van der Waals surface area contributed by atoms with Crippen LogP contribution in [-0.4, -0.2) is 14.6 Å². The average molecular weight is 324 g/mol. The Morgan fingerprint density at radius 2 is 2.14 bits per heavy atom. The minimum absolute atomic E-state index is 0.557. The molecule has 0 aromatic rings. The Morgan fingerprint density at radius 1 is 1.57 bits per heavy atom. The predicted octanol–water partition coefficient (Wildman–Crippen LogP) is 1.97.